The quantitative estimate of drug-likeness (QED) is 0.627. The molecule has 0 saturated carbocycles. The molecule has 1 aromatic rings. The Morgan fingerprint density at radius 1 is 1.31 bits per heavy atom. The van der Waals surface area contributed by atoms with Crippen LogP contribution in [0.25, 0.3) is 0 Å². The zero-order chi connectivity index (χ0) is 19.3. The number of rotatable bonds is 7. The van der Waals surface area contributed by atoms with Crippen LogP contribution in [0.15, 0.2) is 24.3 Å². The predicted octanol–water partition coefficient (Wildman–Crippen LogP) is 1.10. The summed E-state index contributed by atoms with van der Waals surface area (Å²) in [6.07, 6.45) is 0.738. The minimum atomic E-state index is -0.968. The average Bonchev–Trinajstić information content (AvgIpc) is 2.93. The molecule has 4 N–H and O–H groups in total. The summed E-state index contributed by atoms with van der Waals surface area (Å²) in [5.41, 5.74) is 5.54. The second-order valence-corrected chi connectivity index (χ2v) is 6.67. The summed E-state index contributed by atoms with van der Waals surface area (Å²) in [6, 6.07) is 6.06. The molecule has 0 spiro atoms. The van der Waals surface area contributed by atoms with Crippen LogP contribution in [0, 0.1) is 0 Å². The van der Waals surface area contributed by atoms with Crippen molar-refractivity contribution < 1.29 is 23.9 Å². The van der Waals surface area contributed by atoms with Gasteiger partial charge in [-0.1, -0.05) is 0 Å². The third-order valence-electron chi connectivity index (χ3n) is 4.34. The zero-order valence-corrected chi connectivity index (χ0v) is 14.8. The van der Waals surface area contributed by atoms with Gasteiger partial charge >= 0.3 is 5.97 Å². The molecule has 0 aliphatic carbocycles. The average molecular weight is 361 g/mol. The number of esters is 1. The maximum Gasteiger partial charge on any atom is 0.306 e. The molecule has 0 radical (unpaired) electrons. The number of ether oxygens (including phenoxy) is 1. The second-order valence-electron chi connectivity index (χ2n) is 6.67. The number of carbonyl (C=O) groups is 4. The molecular formula is C18H23N3O5. The molecule has 8 heteroatoms. The Balaban J connectivity index is 1.79. The van der Waals surface area contributed by atoms with Crippen LogP contribution in [0.5, 0.6) is 0 Å². The van der Waals surface area contributed by atoms with Crippen molar-refractivity contribution in [2.24, 2.45) is 5.73 Å². The largest absolute Gasteiger partial charge is 0.453 e. The van der Waals surface area contributed by atoms with E-state index in [1.165, 1.54) is 31.2 Å². The van der Waals surface area contributed by atoms with Gasteiger partial charge in [-0.2, -0.15) is 0 Å². The van der Waals surface area contributed by atoms with Gasteiger partial charge in [-0.25, -0.2) is 0 Å². The van der Waals surface area contributed by atoms with E-state index in [-0.39, 0.29) is 12.3 Å². The van der Waals surface area contributed by atoms with Gasteiger partial charge < -0.3 is 21.1 Å². The number of nitrogens with two attached hydrogens (primary N) is 1. The normalized spacial score (nSPS) is 20.2. The third kappa shape index (κ3) is 5.30. The van der Waals surface area contributed by atoms with Crippen molar-refractivity contribution in [2.75, 3.05) is 5.32 Å². The van der Waals surface area contributed by atoms with Crippen molar-refractivity contribution >= 4 is 29.4 Å². The maximum absolute atomic E-state index is 12.1. The Morgan fingerprint density at radius 2 is 1.96 bits per heavy atom. The monoisotopic (exact) mass is 361 g/mol. The molecule has 1 saturated heterocycles. The summed E-state index contributed by atoms with van der Waals surface area (Å²) < 4.78 is 5.14. The fourth-order valence-corrected chi connectivity index (χ4v) is 2.69. The zero-order valence-electron chi connectivity index (χ0n) is 14.8. The summed E-state index contributed by atoms with van der Waals surface area (Å²) in [6.45, 7) is 3.36. The summed E-state index contributed by atoms with van der Waals surface area (Å²) in [5.74, 6) is -1.56. The van der Waals surface area contributed by atoms with Gasteiger partial charge in [0, 0.05) is 29.6 Å². The molecule has 3 amide bonds. The van der Waals surface area contributed by atoms with Crippen molar-refractivity contribution in [2.45, 2.75) is 51.2 Å². The van der Waals surface area contributed by atoms with Crippen LogP contribution < -0.4 is 16.4 Å². The topological polar surface area (TPSA) is 128 Å². The van der Waals surface area contributed by atoms with E-state index >= 15 is 0 Å². The van der Waals surface area contributed by atoms with Gasteiger partial charge in [0.15, 0.2) is 6.10 Å². The first-order chi connectivity index (χ1) is 12.2. The number of primary amides is 1. The highest BCUT2D eigenvalue weighted by Gasteiger charge is 2.33. The Morgan fingerprint density at radius 3 is 2.50 bits per heavy atom. The van der Waals surface area contributed by atoms with Crippen LogP contribution in [0.4, 0.5) is 5.69 Å². The van der Waals surface area contributed by atoms with Gasteiger partial charge in [0.2, 0.25) is 11.8 Å². The Labute approximate surface area is 151 Å². The van der Waals surface area contributed by atoms with Crippen LogP contribution in [0.2, 0.25) is 0 Å². The molecule has 2 rings (SSSR count). The summed E-state index contributed by atoms with van der Waals surface area (Å²) >= 11 is 0. The molecule has 26 heavy (non-hydrogen) atoms. The van der Waals surface area contributed by atoms with Gasteiger partial charge in [-0.05, 0) is 51.0 Å². The van der Waals surface area contributed by atoms with Crippen LogP contribution in [0.3, 0.4) is 0 Å². The van der Waals surface area contributed by atoms with E-state index in [4.69, 9.17) is 10.5 Å². The number of carbonyl (C=O) groups excluding carboxylic acids is 4. The van der Waals surface area contributed by atoms with E-state index in [0.717, 1.165) is 0 Å². The highest BCUT2D eigenvalue weighted by molar-refractivity contribution is 5.96. The standard InChI is InChI=1S/C18H23N3O5/c1-11(17(25)20-13-5-3-12(4-6-13)16(19)24)26-15(23)8-10-18(2)9-7-14(22)21-18/h3-6,11H,7-10H2,1-2H3,(H2,19,24)(H,20,25)(H,21,22). The van der Waals surface area contributed by atoms with Crippen molar-refractivity contribution in [1.29, 1.82) is 0 Å². The number of hydrogen-bond acceptors (Lipinski definition) is 5. The maximum atomic E-state index is 12.1. The first-order valence-corrected chi connectivity index (χ1v) is 8.40. The molecule has 1 aliphatic rings. The predicted molar refractivity (Wildman–Crippen MR) is 94.2 cm³/mol. The molecule has 8 nitrogen and oxygen atoms in total. The van der Waals surface area contributed by atoms with Gasteiger partial charge in [-0.3, -0.25) is 19.2 Å². The smallest absolute Gasteiger partial charge is 0.306 e. The van der Waals surface area contributed by atoms with Gasteiger partial charge in [-0.15, -0.1) is 0 Å². The fraction of sp³-hybridized carbons (Fsp3) is 0.444. The summed E-state index contributed by atoms with van der Waals surface area (Å²) in [4.78, 5) is 46.4. The lowest BCUT2D eigenvalue weighted by Crippen LogP contribution is -2.39. The molecule has 1 aliphatic heterocycles. The first kappa shape index (κ1) is 19.4. The van der Waals surface area contributed by atoms with Gasteiger partial charge in [0.05, 0.1) is 0 Å². The van der Waals surface area contributed by atoms with Crippen molar-refractivity contribution in [3.63, 3.8) is 0 Å². The highest BCUT2D eigenvalue weighted by atomic mass is 16.5. The molecule has 2 atom stereocenters. The summed E-state index contributed by atoms with van der Waals surface area (Å²) in [7, 11) is 0. The van der Waals surface area contributed by atoms with E-state index in [0.29, 0.717) is 30.5 Å². The highest BCUT2D eigenvalue weighted by Crippen LogP contribution is 2.24. The van der Waals surface area contributed by atoms with E-state index in [1.54, 1.807) is 0 Å². The molecule has 0 aromatic heterocycles. The number of hydrogen-bond donors (Lipinski definition) is 3. The minimum absolute atomic E-state index is 0.0176. The molecule has 140 valence electrons. The lowest BCUT2D eigenvalue weighted by atomic mass is 9.94. The van der Waals surface area contributed by atoms with E-state index in [1.807, 2.05) is 6.92 Å². The second kappa shape index (κ2) is 7.99. The van der Waals surface area contributed by atoms with Crippen LogP contribution >= 0.6 is 0 Å². The summed E-state index contributed by atoms with van der Waals surface area (Å²) in [5, 5.41) is 5.45. The Bertz CT molecular complexity index is 716. The fourth-order valence-electron chi connectivity index (χ4n) is 2.69. The van der Waals surface area contributed by atoms with Crippen molar-refractivity contribution in [3.8, 4) is 0 Å². The van der Waals surface area contributed by atoms with Crippen LogP contribution in [-0.2, 0) is 19.1 Å². The lowest BCUT2D eigenvalue weighted by Gasteiger charge is -2.23. The van der Waals surface area contributed by atoms with E-state index in [2.05, 4.69) is 10.6 Å². The number of anilines is 1. The Kier molecular flexibility index (Phi) is 5.97. The van der Waals surface area contributed by atoms with Gasteiger partial charge in [0.25, 0.3) is 5.91 Å². The molecule has 0 bridgehead atoms. The van der Waals surface area contributed by atoms with Crippen molar-refractivity contribution in [1.82, 2.24) is 5.32 Å². The first-order valence-electron chi connectivity index (χ1n) is 8.40. The number of nitrogens with one attached hydrogen (secondary N) is 2. The number of amides is 3. The lowest BCUT2D eigenvalue weighted by molar-refractivity contribution is -0.153. The van der Waals surface area contributed by atoms with Gasteiger partial charge in [0.1, 0.15) is 0 Å². The van der Waals surface area contributed by atoms with E-state index in [9.17, 15) is 19.2 Å². The van der Waals surface area contributed by atoms with E-state index < -0.39 is 29.4 Å². The molecule has 1 heterocycles. The third-order valence-corrected chi connectivity index (χ3v) is 4.34. The Hall–Kier alpha value is -2.90. The SMILES string of the molecule is CC(OC(=O)CCC1(C)CCC(=O)N1)C(=O)Nc1ccc(C(N)=O)cc1. The molecular weight excluding hydrogens is 338 g/mol. The van der Waals surface area contributed by atoms with Crippen LogP contribution in [-0.4, -0.2) is 35.3 Å². The molecule has 1 fully saturated rings. The molecule has 2 unspecified atom stereocenters. The molecule has 1 aromatic carbocycles. The van der Waals surface area contributed by atoms with Crippen molar-refractivity contribution in [3.05, 3.63) is 29.8 Å². The minimum Gasteiger partial charge on any atom is -0.453 e. The van der Waals surface area contributed by atoms with Crippen LogP contribution in [0.1, 0.15) is 49.9 Å². The number of benzene rings is 1.